The fraction of sp³-hybridized carbons (Fsp3) is 0.364. The Balaban J connectivity index is 1.79. The van der Waals surface area contributed by atoms with Crippen LogP contribution in [0.4, 0.5) is 4.79 Å². The number of nitrogens with zero attached hydrogens (tertiary/aromatic N) is 1. The Labute approximate surface area is 180 Å². The molecular weight excluding hydrogens is 436 g/mol. The zero-order chi connectivity index (χ0) is 21.4. The molecule has 156 valence electrons. The van der Waals surface area contributed by atoms with Gasteiger partial charge in [-0.05, 0) is 62.7 Å². The van der Waals surface area contributed by atoms with Crippen LogP contribution in [0.25, 0.3) is 0 Å². The molecule has 0 heterocycles. The number of ether oxygens (including phenoxy) is 2. The molecule has 1 N–H and O–H groups in total. The second kappa shape index (κ2) is 10.3. The lowest BCUT2D eigenvalue weighted by Gasteiger charge is -2.20. The minimum Gasteiger partial charge on any atom is -0.492 e. The maximum Gasteiger partial charge on any atom is 0.407 e. The number of likely N-dealkylation sites (N-methyl/N-ethyl adjacent to an activating group) is 1. The highest BCUT2D eigenvalue weighted by molar-refractivity contribution is 9.10. The third-order valence-electron chi connectivity index (χ3n) is 3.89. The summed E-state index contributed by atoms with van der Waals surface area (Å²) in [7, 11) is 1.74. The summed E-state index contributed by atoms with van der Waals surface area (Å²) in [6.07, 6.45) is -0.469. The Kier molecular flexibility index (Phi) is 8.08. The SMILES string of the molecule is CN(CCOc1ccc(Br)cc1)C(=O)c1ccc(CNC(=O)OC(C)(C)C)cc1. The average Bonchev–Trinajstić information content (AvgIpc) is 2.66. The highest BCUT2D eigenvalue weighted by Crippen LogP contribution is 2.16. The lowest BCUT2D eigenvalue weighted by atomic mass is 10.1. The molecule has 2 rings (SSSR count). The number of nitrogens with one attached hydrogen (secondary N) is 1. The first-order valence-corrected chi connectivity index (χ1v) is 10.1. The van der Waals surface area contributed by atoms with Gasteiger partial charge in [0.25, 0.3) is 5.91 Å². The number of amides is 2. The first kappa shape index (κ1) is 22.7. The van der Waals surface area contributed by atoms with Gasteiger partial charge in [-0.3, -0.25) is 4.79 Å². The lowest BCUT2D eigenvalue weighted by Crippen LogP contribution is -2.32. The molecule has 2 aromatic carbocycles. The summed E-state index contributed by atoms with van der Waals surface area (Å²) >= 11 is 3.38. The highest BCUT2D eigenvalue weighted by Gasteiger charge is 2.16. The van der Waals surface area contributed by atoms with Crippen molar-refractivity contribution in [3.8, 4) is 5.75 Å². The van der Waals surface area contributed by atoms with Gasteiger partial charge >= 0.3 is 6.09 Å². The number of carbonyl (C=O) groups is 2. The number of benzene rings is 2. The van der Waals surface area contributed by atoms with Crippen LogP contribution in [0, 0.1) is 0 Å². The highest BCUT2D eigenvalue weighted by atomic mass is 79.9. The van der Waals surface area contributed by atoms with Crippen molar-refractivity contribution in [3.63, 3.8) is 0 Å². The fourth-order valence-electron chi connectivity index (χ4n) is 2.41. The molecule has 0 spiro atoms. The number of alkyl carbamates (subject to hydrolysis) is 1. The van der Waals surface area contributed by atoms with Crippen molar-refractivity contribution in [2.45, 2.75) is 32.9 Å². The summed E-state index contributed by atoms with van der Waals surface area (Å²) in [6, 6.07) is 14.7. The van der Waals surface area contributed by atoms with Crippen molar-refractivity contribution in [1.82, 2.24) is 10.2 Å². The number of halogens is 1. The monoisotopic (exact) mass is 462 g/mol. The molecule has 0 aliphatic rings. The van der Waals surface area contributed by atoms with Crippen molar-refractivity contribution in [1.29, 1.82) is 0 Å². The zero-order valence-electron chi connectivity index (χ0n) is 17.2. The number of carbonyl (C=O) groups excluding carboxylic acids is 2. The molecule has 0 atom stereocenters. The van der Waals surface area contributed by atoms with Crippen molar-refractivity contribution in [2.75, 3.05) is 20.2 Å². The summed E-state index contributed by atoms with van der Waals surface area (Å²) < 4.78 is 11.8. The summed E-state index contributed by atoms with van der Waals surface area (Å²) in [4.78, 5) is 25.9. The summed E-state index contributed by atoms with van der Waals surface area (Å²) in [6.45, 7) is 6.65. The molecule has 0 radical (unpaired) electrons. The molecule has 29 heavy (non-hydrogen) atoms. The van der Waals surface area contributed by atoms with Crippen LogP contribution < -0.4 is 10.1 Å². The molecule has 0 aliphatic heterocycles. The van der Waals surface area contributed by atoms with E-state index in [1.54, 1.807) is 24.1 Å². The first-order valence-electron chi connectivity index (χ1n) is 9.34. The second-order valence-corrected chi connectivity index (χ2v) is 8.50. The van der Waals surface area contributed by atoms with Crippen LogP contribution in [-0.2, 0) is 11.3 Å². The van der Waals surface area contributed by atoms with Crippen LogP contribution in [-0.4, -0.2) is 42.7 Å². The van der Waals surface area contributed by atoms with E-state index in [4.69, 9.17) is 9.47 Å². The Morgan fingerprint density at radius 3 is 2.24 bits per heavy atom. The molecule has 2 amide bonds. The van der Waals surface area contributed by atoms with Crippen molar-refractivity contribution in [3.05, 3.63) is 64.1 Å². The predicted molar refractivity (Wildman–Crippen MR) is 116 cm³/mol. The molecule has 0 saturated carbocycles. The van der Waals surface area contributed by atoms with Crippen LogP contribution in [0.3, 0.4) is 0 Å². The Bertz CT molecular complexity index is 814. The molecule has 0 unspecified atom stereocenters. The Morgan fingerprint density at radius 2 is 1.66 bits per heavy atom. The van der Waals surface area contributed by atoms with Crippen molar-refractivity contribution >= 4 is 27.9 Å². The van der Waals surface area contributed by atoms with Gasteiger partial charge in [-0.2, -0.15) is 0 Å². The van der Waals surface area contributed by atoms with Crippen LogP contribution in [0.2, 0.25) is 0 Å². The van der Waals surface area contributed by atoms with Gasteiger partial charge in [0.2, 0.25) is 0 Å². The van der Waals surface area contributed by atoms with Gasteiger partial charge in [0, 0.05) is 23.6 Å². The predicted octanol–water partition coefficient (Wildman–Crippen LogP) is 4.62. The zero-order valence-corrected chi connectivity index (χ0v) is 18.8. The maximum atomic E-state index is 12.5. The molecule has 6 nitrogen and oxygen atoms in total. The van der Waals surface area contributed by atoms with Crippen LogP contribution in [0.15, 0.2) is 53.0 Å². The first-order chi connectivity index (χ1) is 13.6. The van der Waals surface area contributed by atoms with E-state index in [1.807, 2.05) is 57.2 Å². The van der Waals surface area contributed by atoms with Gasteiger partial charge in [0.15, 0.2) is 0 Å². The third-order valence-corrected chi connectivity index (χ3v) is 4.42. The fourth-order valence-corrected chi connectivity index (χ4v) is 2.67. The lowest BCUT2D eigenvalue weighted by molar-refractivity contribution is 0.0523. The molecule has 7 heteroatoms. The summed E-state index contributed by atoms with van der Waals surface area (Å²) in [5.41, 5.74) is 0.928. The summed E-state index contributed by atoms with van der Waals surface area (Å²) in [5.74, 6) is 0.673. The summed E-state index contributed by atoms with van der Waals surface area (Å²) in [5, 5.41) is 2.70. The van der Waals surface area contributed by atoms with E-state index in [-0.39, 0.29) is 5.91 Å². The number of hydrogen-bond donors (Lipinski definition) is 1. The van der Waals surface area contributed by atoms with E-state index in [0.29, 0.717) is 25.3 Å². The van der Waals surface area contributed by atoms with E-state index < -0.39 is 11.7 Å². The Hall–Kier alpha value is -2.54. The van der Waals surface area contributed by atoms with E-state index in [1.165, 1.54) is 0 Å². The number of hydrogen-bond acceptors (Lipinski definition) is 4. The molecule has 2 aromatic rings. The van der Waals surface area contributed by atoms with Gasteiger partial charge in [-0.15, -0.1) is 0 Å². The van der Waals surface area contributed by atoms with E-state index in [9.17, 15) is 9.59 Å². The molecule has 0 aromatic heterocycles. The van der Waals surface area contributed by atoms with Crippen LogP contribution in [0.1, 0.15) is 36.7 Å². The van der Waals surface area contributed by atoms with Crippen LogP contribution in [0.5, 0.6) is 5.75 Å². The molecule has 0 saturated heterocycles. The van der Waals surface area contributed by atoms with Gasteiger partial charge in [0.05, 0.1) is 6.54 Å². The number of rotatable bonds is 7. The average molecular weight is 463 g/mol. The molecule has 0 bridgehead atoms. The normalized spacial score (nSPS) is 10.9. The van der Waals surface area contributed by atoms with Gasteiger partial charge in [0.1, 0.15) is 18.0 Å². The molecule has 0 fully saturated rings. The van der Waals surface area contributed by atoms with Gasteiger partial charge in [-0.1, -0.05) is 28.1 Å². The standard InChI is InChI=1S/C22H27BrN2O4/c1-22(2,3)29-21(27)24-15-16-5-7-17(8-6-16)20(26)25(4)13-14-28-19-11-9-18(23)10-12-19/h5-12H,13-15H2,1-4H3,(H,24,27). The van der Waals surface area contributed by atoms with Crippen molar-refractivity contribution < 1.29 is 19.1 Å². The topological polar surface area (TPSA) is 67.9 Å². The molecular formula is C22H27BrN2O4. The van der Waals surface area contributed by atoms with E-state index >= 15 is 0 Å². The molecule has 0 aliphatic carbocycles. The van der Waals surface area contributed by atoms with Crippen LogP contribution >= 0.6 is 15.9 Å². The third kappa shape index (κ3) is 8.15. The smallest absolute Gasteiger partial charge is 0.407 e. The second-order valence-electron chi connectivity index (χ2n) is 7.58. The largest absolute Gasteiger partial charge is 0.492 e. The van der Waals surface area contributed by atoms with Crippen molar-refractivity contribution in [2.24, 2.45) is 0 Å². The van der Waals surface area contributed by atoms with E-state index in [2.05, 4.69) is 21.2 Å². The van der Waals surface area contributed by atoms with Gasteiger partial charge in [-0.25, -0.2) is 4.79 Å². The minimum absolute atomic E-state index is 0.0870. The van der Waals surface area contributed by atoms with E-state index in [0.717, 1.165) is 15.8 Å². The van der Waals surface area contributed by atoms with Gasteiger partial charge < -0.3 is 19.7 Å². The quantitative estimate of drug-likeness (QED) is 0.651. The Morgan fingerprint density at radius 1 is 1.03 bits per heavy atom. The minimum atomic E-state index is -0.536. The maximum absolute atomic E-state index is 12.5.